The van der Waals surface area contributed by atoms with E-state index in [1.54, 1.807) is 12.1 Å². The van der Waals surface area contributed by atoms with Crippen molar-refractivity contribution in [1.29, 1.82) is 0 Å². The van der Waals surface area contributed by atoms with Crippen LogP contribution in [0, 0.1) is 11.8 Å². The summed E-state index contributed by atoms with van der Waals surface area (Å²) in [7, 11) is 1.58. The molecule has 2 aliphatic rings. The number of para-hydroxylation sites is 3. The Balaban J connectivity index is 1.42. The summed E-state index contributed by atoms with van der Waals surface area (Å²) < 4.78 is 5.41. The highest BCUT2D eigenvalue weighted by Gasteiger charge is 2.50. The molecule has 7 nitrogen and oxygen atoms in total. The van der Waals surface area contributed by atoms with Crippen LogP contribution in [-0.2, 0) is 16.1 Å². The van der Waals surface area contributed by atoms with Crippen molar-refractivity contribution in [3.8, 4) is 5.75 Å². The largest absolute Gasteiger partial charge is 0.495 e. The number of amides is 2. The number of carbonyl (C=O) groups excluding carboxylic acids is 2. The first-order chi connectivity index (χ1) is 16.6. The van der Waals surface area contributed by atoms with Crippen LogP contribution in [0.4, 0.5) is 11.4 Å². The van der Waals surface area contributed by atoms with Gasteiger partial charge in [-0.2, -0.15) is 0 Å². The smallest absolute Gasteiger partial charge is 0.247 e. The van der Waals surface area contributed by atoms with Gasteiger partial charge in [-0.15, -0.1) is 0 Å². The van der Waals surface area contributed by atoms with Crippen LogP contribution >= 0.6 is 0 Å². The number of fused-ring (bicyclic) bond motifs is 1. The molecular weight excluding hydrogens is 428 g/mol. The Morgan fingerprint density at radius 3 is 2.38 bits per heavy atom. The van der Waals surface area contributed by atoms with Crippen molar-refractivity contribution in [2.45, 2.75) is 12.6 Å². The Labute approximate surface area is 199 Å². The number of hydrazine groups is 1. The molecule has 7 heteroatoms. The molecule has 3 aromatic rings. The number of hydrogen-bond donors (Lipinski definition) is 2. The number of methoxy groups -OCH3 is 1. The van der Waals surface area contributed by atoms with E-state index in [0.29, 0.717) is 31.1 Å². The lowest BCUT2D eigenvalue weighted by atomic mass is 9.83. The number of hydrogen-bond acceptors (Lipinski definition) is 5. The fourth-order valence-electron chi connectivity index (χ4n) is 4.90. The van der Waals surface area contributed by atoms with Crippen LogP contribution in [0.15, 0.2) is 84.9 Å². The highest BCUT2D eigenvalue weighted by Crippen LogP contribution is 2.34. The van der Waals surface area contributed by atoms with Crippen LogP contribution in [0.2, 0.25) is 0 Å². The zero-order valence-corrected chi connectivity index (χ0v) is 19.1. The highest BCUT2D eigenvalue weighted by atomic mass is 16.5. The van der Waals surface area contributed by atoms with Crippen LogP contribution in [0.1, 0.15) is 5.56 Å². The molecule has 2 heterocycles. The van der Waals surface area contributed by atoms with Crippen LogP contribution in [0.3, 0.4) is 0 Å². The molecular formula is C27H28N4O3. The molecule has 2 amide bonds. The first kappa shape index (κ1) is 22.1. The number of ether oxygens (including phenoxy) is 1. The minimum atomic E-state index is -0.426. The predicted molar refractivity (Wildman–Crippen MR) is 131 cm³/mol. The van der Waals surface area contributed by atoms with Gasteiger partial charge in [0, 0.05) is 19.6 Å². The molecule has 2 N–H and O–H groups in total. The molecule has 174 valence electrons. The SMILES string of the molecule is COc1ccccc1NC(=O)C1CN(Cc2ccccc2)CC2C(=O)N(c3ccccc3)NC12. The lowest BCUT2D eigenvalue weighted by Crippen LogP contribution is -2.55. The fourth-order valence-corrected chi connectivity index (χ4v) is 4.90. The Bertz CT molecular complexity index is 1150. The Hall–Kier alpha value is -3.68. The van der Waals surface area contributed by atoms with E-state index in [0.717, 1.165) is 11.3 Å². The molecule has 5 rings (SSSR count). The standard InChI is InChI=1S/C27H28N4O3/c1-34-24-15-9-8-14-23(24)28-26(32)21-17-30(16-19-10-4-2-5-11-19)18-22-25(21)29-31(27(22)33)20-12-6-3-7-13-20/h2-15,21-22,25,29H,16-18H2,1H3,(H,28,32). The van der Waals surface area contributed by atoms with Crippen LogP contribution < -0.4 is 20.5 Å². The topological polar surface area (TPSA) is 73.9 Å². The number of nitrogens with one attached hydrogen (secondary N) is 2. The molecule has 0 aliphatic carbocycles. The third-order valence-electron chi connectivity index (χ3n) is 6.56. The number of rotatable bonds is 6. The maximum absolute atomic E-state index is 13.6. The molecule has 0 bridgehead atoms. The van der Waals surface area contributed by atoms with Gasteiger partial charge in [-0.1, -0.05) is 60.7 Å². The van der Waals surface area contributed by atoms with Crippen LogP contribution in [0.5, 0.6) is 5.75 Å². The molecule has 0 radical (unpaired) electrons. The average Bonchev–Trinajstić information content (AvgIpc) is 3.21. The summed E-state index contributed by atoms with van der Waals surface area (Å²) in [6, 6.07) is 26.7. The van der Waals surface area contributed by atoms with Gasteiger partial charge in [0.1, 0.15) is 5.75 Å². The van der Waals surface area contributed by atoms with Crippen LogP contribution in [0.25, 0.3) is 0 Å². The minimum absolute atomic E-state index is 0.0101. The molecule has 0 saturated carbocycles. The molecule has 3 atom stereocenters. The molecule has 0 aromatic heterocycles. The lowest BCUT2D eigenvalue weighted by Gasteiger charge is -2.38. The van der Waals surface area contributed by atoms with Crippen molar-refractivity contribution in [2.24, 2.45) is 11.8 Å². The third kappa shape index (κ3) is 4.40. The van der Waals surface area contributed by atoms with Crippen LogP contribution in [-0.4, -0.2) is 43.0 Å². The number of carbonyl (C=O) groups is 2. The van der Waals surface area contributed by atoms with Gasteiger partial charge < -0.3 is 10.1 Å². The first-order valence-electron chi connectivity index (χ1n) is 11.5. The summed E-state index contributed by atoms with van der Waals surface area (Å²) >= 11 is 0. The van der Waals surface area contributed by atoms with Crippen molar-refractivity contribution in [3.05, 3.63) is 90.5 Å². The third-order valence-corrected chi connectivity index (χ3v) is 6.56. The second-order valence-corrected chi connectivity index (χ2v) is 8.75. The van der Waals surface area contributed by atoms with Gasteiger partial charge in [0.15, 0.2) is 0 Å². The zero-order valence-electron chi connectivity index (χ0n) is 19.1. The van der Waals surface area contributed by atoms with Gasteiger partial charge in [-0.3, -0.25) is 14.5 Å². The fraction of sp³-hybridized carbons (Fsp3) is 0.259. The lowest BCUT2D eigenvalue weighted by molar-refractivity contribution is -0.126. The van der Waals surface area contributed by atoms with Gasteiger partial charge in [0.2, 0.25) is 11.8 Å². The second-order valence-electron chi connectivity index (χ2n) is 8.75. The van der Waals surface area contributed by atoms with E-state index >= 15 is 0 Å². The van der Waals surface area contributed by atoms with Gasteiger partial charge in [-0.05, 0) is 29.8 Å². The second kappa shape index (κ2) is 9.67. The summed E-state index contributed by atoms with van der Waals surface area (Å²) in [4.78, 5) is 29.2. The number of piperidine rings is 1. The van der Waals surface area contributed by atoms with E-state index in [2.05, 4.69) is 27.8 Å². The quantitative estimate of drug-likeness (QED) is 0.596. The number of nitrogens with zero attached hydrogens (tertiary/aromatic N) is 2. The molecule has 2 aliphatic heterocycles. The van der Waals surface area contributed by atoms with Crippen molar-refractivity contribution in [3.63, 3.8) is 0 Å². The van der Waals surface area contributed by atoms with Crippen molar-refractivity contribution >= 4 is 23.2 Å². The minimum Gasteiger partial charge on any atom is -0.495 e. The summed E-state index contributed by atoms with van der Waals surface area (Å²) in [6.45, 7) is 1.81. The van der Waals surface area contributed by atoms with E-state index in [4.69, 9.17) is 4.74 Å². The van der Waals surface area contributed by atoms with E-state index in [-0.39, 0.29) is 23.8 Å². The Kier molecular flexibility index (Phi) is 6.29. The molecule has 3 aromatic carbocycles. The molecule has 0 spiro atoms. The van der Waals surface area contributed by atoms with Gasteiger partial charge >= 0.3 is 0 Å². The van der Waals surface area contributed by atoms with Gasteiger partial charge in [0.25, 0.3) is 0 Å². The first-order valence-corrected chi connectivity index (χ1v) is 11.5. The van der Waals surface area contributed by atoms with Crippen molar-refractivity contribution in [2.75, 3.05) is 30.5 Å². The molecule has 3 unspecified atom stereocenters. The van der Waals surface area contributed by atoms with Crippen molar-refractivity contribution in [1.82, 2.24) is 10.3 Å². The van der Waals surface area contributed by atoms with E-state index in [1.807, 2.05) is 72.8 Å². The Morgan fingerprint density at radius 1 is 0.971 bits per heavy atom. The summed E-state index contributed by atoms with van der Waals surface area (Å²) in [5, 5.41) is 4.64. The van der Waals surface area contributed by atoms with Crippen molar-refractivity contribution < 1.29 is 14.3 Å². The molecule has 34 heavy (non-hydrogen) atoms. The normalized spacial score (nSPS) is 22.3. The van der Waals surface area contributed by atoms with E-state index < -0.39 is 5.92 Å². The monoisotopic (exact) mass is 456 g/mol. The summed E-state index contributed by atoms with van der Waals surface area (Å²) in [5.74, 6) is -0.293. The number of likely N-dealkylation sites (tertiary alicyclic amines) is 1. The van der Waals surface area contributed by atoms with E-state index in [1.165, 1.54) is 0 Å². The summed E-state index contributed by atoms with van der Waals surface area (Å²) in [5.41, 5.74) is 5.91. The zero-order chi connectivity index (χ0) is 23.5. The highest BCUT2D eigenvalue weighted by molar-refractivity contribution is 6.00. The number of benzene rings is 3. The Morgan fingerprint density at radius 2 is 1.65 bits per heavy atom. The van der Waals surface area contributed by atoms with Gasteiger partial charge in [-0.25, -0.2) is 10.4 Å². The number of anilines is 2. The molecule has 2 fully saturated rings. The maximum Gasteiger partial charge on any atom is 0.247 e. The van der Waals surface area contributed by atoms with E-state index in [9.17, 15) is 9.59 Å². The predicted octanol–water partition coefficient (Wildman–Crippen LogP) is 3.30. The summed E-state index contributed by atoms with van der Waals surface area (Å²) in [6.07, 6.45) is 0. The van der Waals surface area contributed by atoms with Gasteiger partial charge in [0.05, 0.1) is 36.4 Å². The average molecular weight is 457 g/mol. The maximum atomic E-state index is 13.6. The molecule has 2 saturated heterocycles.